The van der Waals surface area contributed by atoms with Gasteiger partial charge in [0.15, 0.2) is 6.61 Å². The third kappa shape index (κ3) is 4.45. The van der Waals surface area contributed by atoms with Crippen molar-refractivity contribution >= 4 is 40.5 Å². The van der Waals surface area contributed by atoms with Gasteiger partial charge in [0.25, 0.3) is 11.6 Å². The second-order valence-electron chi connectivity index (χ2n) is 5.08. The third-order valence-corrected chi connectivity index (χ3v) is 3.62. The summed E-state index contributed by atoms with van der Waals surface area (Å²) < 4.78 is 4.91. The molecule has 2 aromatic carbocycles. The van der Waals surface area contributed by atoms with Crippen LogP contribution >= 0.6 is 11.6 Å². The Labute approximate surface area is 147 Å². The van der Waals surface area contributed by atoms with Crippen LogP contribution in [0.4, 0.5) is 17.1 Å². The van der Waals surface area contributed by atoms with Crippen LogP contribution < -0.4 is 11.1 Å². The van der Waals surface area contributed by atoms with Gasteiger partial charge in [0.05, 0.1) is 10.5 Å². The van der Waals surface area contributed by atoms with Crippen molar-refractivity contribution in [1.82, 2.24) is 0 Å². The highest BCUT2D eigenvalue weighted by Crippen LogP contribution is 2.27. The minimum absolute atomic E-state index is 0.0515. The number of nitro benzene ring substituents is 1. The zero-order valence-corrected chi connectivity index (χ0v) is 13.9. The fourth-order valence-electron chi connectivity index (χ4n) is 1.99. The summed E-state index contributed by atoms with van der Waals surface area (Å²) in [6, 6.07) is 8.68. The molecule has 0 fully saturated rings. The van der Waals surface area contributed by atoms with E-state index < -0.39 is 23.4 Å². The Hall–Kier alpha value is -3.13. The number of nitro groups is 1. The van der Waals surface area contributed by atoms with Crippen LogP contribution in [0, 0.1) is 17.0 Å². The lowest BCUT2D eigenvalue weighted by Crippen LogP contribution is -2.21. The SMILES string of the molecule is Cc1cccc(C(=O)OCC(=O)Nc2ccc(Cl)c([N+](=O)[O-])c2)c1N. The normalized spacial score (nSPS) is 10.2. The summed E-state index contributed by atoms with van der Waals surface area (Å²) in [5.74, 6) is -1.39. The fraction of sp³-hybridized carbons (Fsp3) is 0.125. The second-order valence-corrected chi connectivity index (χ2v) is 5.49. The van der Waals surface area contributed by atoms with Crippen molar-refractivity contribution in [2.24, 2.45) is 0 Å². The number of ether oxygens (including phenoxy) is 1. The average molecular weight is 364 g/mol. The van der Waals surface area contributed by atoms with Crippen molar-refractivity contribution in [2.75, 3.05) is 17.7 Å². The van der Waals surface area contributed by atoms with Gasteiger partial charge in [0, 0.05) is 17.4 Å². The summed E-state index contributed by atoms with van der Waals surface area (Å²) in [6.07, 6.45) is 0. The first-order valence-electron chi connectivity index (χ1n) is 7.05. The van der Waals surface area contributed by atoms with Crippen LogP contribution in [0.2, 0.25) is 5.02 Å². The molecule has 3 N–H and O–H groups in total. The van der Waals surface area contributed by atoms with Crippen molar-refractivity contribution < 1.29 is 19.2 Å². The number of nitrogens with zero attached hydrogens (tertiary/aromatic N) is 1. The molecule has 0 aromatic heterocycles. The van der Waals surface area contributed by atoms with E-state index in [1.807, 2.05) is 0 Å². The number of nitrogen functional groups attached to an aromatic ring is 1. The number of nitrogens with two attached hydrogens (primary N) is 1. The summed E-state index contributed by atoms with van der Waals surface area (Å²) >= 11 is 5.69. The van der Waals surface area contributed by atoms with Gasteiger partial charge in [0.1, 0.15) is 5.02 Å². The van der Waals surface area contributed by atoms with E-state index in [1.165, 1.54) is 18.2 Å². The highest BCUT2D eigenvalue weighted by atomic mass is 35.5. The average Bonchev–Trinajstić information content (AvgIpc) is 2.56. The number of hydrogen-bond acceptors (Lipinski definition) is 6. The smallest absolute Gasteiger partial charge is 0.340 e. The quantitative estimate of drug-likeness (QED) is 0.364. The number of halogens is 1. The molecule has 0 atom stereocenters. The molecule has 25 heavy (non-hydrogen) atoms. The molecule has 0 saturated heterocycles. The molecule has 0 saturated carbocycles. The van der Waals surface area contributed by atoms with Crippen LogP contribution in [0.15, 0.2) is 36.4 Å². The van der Waals surface area contributed by atoms with Gasteiger partial charge in [-0.2, -0.15) is 0 Å². The zero-order valence-electron chi connectivity index (χ0n) is 13.1. The van der Waals surface area contributed by atoms with Gasteiger partial charge in [-0.3, -0.25) is 14.9 Å². The molecule has 2 rings (SSSR count). The number of carbonyl (C=O) groups excluding carboxylic acids is 2. The van der Waals surface area contributed by atoms with Gasteiger partial charge in [-0.25, -0.2) is 4.79 Å². The fourth-order valence-corrected chi connectivity index (χ4v) is 2.18. The first-order valence-corrected chi connectivity index (χ1v) is 7.43. The molecule has 0 aliphatic carbocycles. The van der Waals surface area contributed by atoms with Gasteiger partial charge in [-0.1, -0.05) is 23.7 Å². The van der Waals surface area contributed by atoms with Crippen LogP contribution in [0.5, 0.6) is 0 Å². The Morgan fingerprint density at radius 3 is 2.72 bits per heavy atom. The molecular weight excluding hydrogens is 350 g/mol. The maximum absolute atomic E-state index is 12.0. The predicted octanol–water partition coefficient (Wildman–Crippen LogP) is 2.93. The molecule has 8 nitrogen and oxygen atoms in total. The van der Waals surface area contributed by atoms with Crippen LogP contribution in [0.25, 0.3) is 0 Å². The number of rotatable bonds is 5. The van der Waals surface area contributed by atoms with Crippen molar-refractivity contribution in [3.8, 4) is 0 Å². The molecule has 0 radical (unpaired) electrons. The Bertz CT molecular complexity index is 854. The summed E-state index contributed by atoms with van der Waals surface area (Å²) in [7, 11) is 0. The van der Waals surface area contributed by atoms with Gasteiger partial charge in [0.2, 0.25) is 0 Å². The number of para-hydroxylation sites is 1. The molecular formula is C16H14ClN3O5. The van der Waals surface area contributed by atoms with Crippen molar-refractivity contribution in [2.45, 2.75) is 6.92 Å². The Kier molecular flexibility index (Phi) is 5.56. The monoisotopic (exact) mass is 363 g/mol. The predicted molar refractivity (Wildman–Crippen MR) is 92.6 cm³/mol. The number of amides is 1. The van der Waals surface area contributed by atoms with E-state index >= 15 is 0 Å². The second kappa shape index (κ2) is 7.63. The van der Waals surface area contributed by atoms with E-state index in [2.05, 4.69) is 5.32 Å². The molecule has 0 aliphatic heterocycles. The van der Waals surface area contributed by atoms with E-state index in [0.717, 1.165) is 6.07 Å². The van der Waals surface area contributed by atoms with E-state index in [4.69, 9.17) is 22.1 Å². The Balaban J connectivity index is 1.99. The molecule has 0 spiro atoms. The molecule has 0 bridgehead atoms. The number of anilines is 2. The van der Waals surface area contributed by atoms with E-state index in [9.17, 15) is 19.7 Å². The number of benzene rings is 2. The first kappa shape index (κ1) is 18.2. The first-order chi connectivity index (χ1) is 11.8. The lowest BCUT2D eigenvalue weighted by atomic mass is 10.1. The van der Waals surface area contributed by atoms with E-state index in [1.54, 1.807) is 19.1 Å². The molecule has 1 amide bonds. The van der Waals surface area contributed by atoms with Gasteiger partial charge < -0.3 is 15.8 Å². The van der Waals surface area contributed by atoms with Gasteiger partial charge >= 0.3 is 5.97 Å². The highest BCUT2D eigenvalue weighted by molar-refractivity contribution is 6.32. The van der Waals surface area contributed by atoms with Crippen molar-refractivity contribution in [3.63, 3.8) is 0 Å². The maximum atomic E-state index is 12.0. The molecule has 130 valence electrons. The lowest BCUT2D eigenvalue weighted by Gasteiger charge is -2.09. The minimum atomic E-state index is -0.738. The number of hydrogen-bond donors (Lipinski definition) is 2. The lowest BCUT2D eigenvalue weighted by molar-refractivity contribution is -0.384. The molecule has 9 heteroatoms. The van der Waals surface area contributed by atoms with Crippen molar-refractivity contribution in [3.05, 3.63) is 62.7 Å². The summed E-state index contributed by atoms with van der Waals surface area (Å²) in [6.45, 7) is 1.18. The molecule has 0 heterocycles. The Morgan fingerprint density at radius 1 is 1.32 bits per heavy atom. The molecule has 0 unspecified atom stereocenters. The van der Waals surface area contributed by atoms with Gasteiger partial charge in [-0.15, -0.1) is 0 Å². The topological polar surface area (TPSA) is 125 Å². The molecule has 2 aromatic rings. The number of esters is 1. The van der Waals surface area contributed by atoms with Crippen LogP contribution in [-0.4, -0.2) is 23.4 Å². The summed E-state index contributed by atoms with van der Waals surface area (Å²) in [5.41, 5.74) is 6.77. The minimum Gasteiger partial charge on any atom is -0.452 e. The highest BCUT2D eigenvalue weighted by Gasteiger charge is 2.16. The largest absolute Gasteiger partial charge is 0.452 e. The van der Waals surface area contributed by atoms with Crippen LogP contribution in [0.1, 0.15) is 15.9 Å². The molecule has 0 aliphatic rings. The number of carbonyl (C=O) groups is 2. The number of nitrogens with one attached hydrogen (secondary N) is 1. The number of aryl methyl sites for hydroxylation is 1. The van der Waals surface area contributed by atoms with E-state index in [0.29, 0.717) is 5.56 Å². The summed E-state index contributed by atoms with van der Waals surface area (Å²) in [5, 5.41) is 13.2. The zero-order chi connectivity index (χ0) is 18.6. The van der Waals surface area contributed by atoms with Gasteiger partial charge in [-0.05, 0) is 30.7 Å². The standard InChI is InChI=1S/C16H14ClN3O5/c1-9-3-2-4-11(15(9)18)16(22)25-8-14(21)19-10-5-6-12(17)13(7-10)20(23)24/h2-7H,8,18H2,1H3,(H,19,21). The third-order valence-electron chi connectivity index (χ3n) is 3.30. The van der Waals surface area contributed by atoms with Crippen molar-refractivity contribution in [1.29, 1.82) is 0 Å². The van der Waals surface area contributed by atoms with Crippen LogP contribution in [0.3, 0.4) is 0 Å². The maximum Gasteiger partial charge on any atom is 0.340 e. The van der Waals surface area contributed by atoms with E-state index in [-0.39, 0.29) is 27.6 Å². The van der Waals surface area contributed by atoms with Crippen LogP contribution in [-0.2, 0) is 9.53 Å². The Morgan fingerprint density at radius 2 is 2.04 bits per heavy atom. The summed E-state index contributed by atoms with van der Waals surface area (Å²) in [4.78, 5) is 34.0.